The van der Waals surface area contributed by atoms with E-state index in [2.05, 4.69) is 4.90 Å². The second kappa shape index (κ2) is 11.9. The molecule has 0 aromatic heterocycles. The molecule has 7 nitrogen and oxygen atoms in total. The molecule has 2 rings (SSSR count). The number of hydrogen-bond donors (Lipinski definition) is 5. The van der Waals surface area contributed by atoms with Gasteiger partial charge in [-0.2, -0.15) is 0 Å². The Hall–Kier alpha value is -1.03. The summed E-state index contributed by atoms with van der Waals surface area (Å²) in [5.74, 6) is -0.744. The number of nitrogens with two attached hydrogens (primary N) is 1. The van der Waals surface area contributed by atoms with Crippen molar-refractivity contribution in [2.24, 2.45) is 5.73 Å². The molecule has 1 heterocycles. The molecule has 0 bridgehead atoms. The molecular formula is C18H31BCl2N2O5. The molecule has 0 amide bonds. The van der Waals surface area contributed by atoms with Crippen molar-refractivity contribution < 1.29 is 25.2 Å². The summed E-state index contributed by atoms with van der Waals surface area (Å²) in [5.41, 5.74) is 8.22. The fourth-order valence-electron chi connectivity index (χ4n) is 3.59. The van der Waals surface area contributed by atoms with E-state index >= 15 is 0 Å². The number of phenols is 1. The van der Waals surface area contributed by atoms with Crippen LogP contribution in [0.4, 0.5) is 0 Å². The molecule has 2 unspecified atom stereocenters. The van der Waals surface area contributed by atoms with Crippen molar-refractivity contribution in [3.8, 4) is 5.75 Å². The number of aliphatic carboxylic acids is 1. The van der Waals surface area contributed by atoms with E-state index in [4.69, 9.17) is 10.8 Å². The number of rotatable bonds is 9. The second-order valence-corrected chi connectivity index (χ2v) is 7.41. The van der Waals surface area contributed by atoms with Crippen LogP contribution in [0.25, 0.3) is 0 Å². The van der Waals surface area contributed by atoms with Crippen LogP contribution in [0.5, 0.6) is 5.75 Å². The number of hydrogen-bond acceptors (Lipinski definition) is 6. The van der Waals surface area contributed by atoms with Crippen LogP contribution in [0.3, 0.4) is 0 Å². The Bertz CT molecular complexity index is 640. The lowest BCUT2D eigenvalue weighted by Crippen LogP contribution is -2.48. The molecule has 0 saturated carbocycles. The van der Waals surface area contributed by atoms with Crippen molar-refractivity contribution in [3.63, 3.8) is 0 Å². The zero-order valence-corrected chi connectivity index (χ0v) is 17.7. The minimum Gasteiger partial charge on any atom is -0.508 e. The predicted octanol–water partition coefficient (Wildman–Crippen LogP) is 0.321. The molecule has 1 aromatic rings. The summed E-state index contributed by atoms with van der Waals surface area (Å²) in [7, 11) is 1.65. The van der Waals surface area contributed by atoms with Crippen LogP contribution in [0.15, 0.2) is 18.2 Å². The Labute approximate surface area is 179 Å². The van der Waals surface area contributed by atoms with Gasteiger partial charge in [-0.3, -0.25) is 9.69 Å². The number of fused-ring (bicyclic) bond motifs is 1. The van der Waals surface area contributed by atoms with Crippen LogP contribution < -0.4 is 5.73 Å². The predicted molar refractivity (Wildman–Crippen MR) is 115 cm³/mol. The van der Waals surface area contributed by atoms with Gasteiger partial charge in [0.2, 0.25) is 0 Å². The van der Waals surface area contributed by atoms with Crippen LogP contribution >= 0.6 is 24.8 Å². The SMILES string of the molecule is BC(CCN1Cc2cc(O)ccc2C[C@H]1CO)(C(=O)O)C(N)CCCO.Cl.Cl. The first-order valence-electron chi connectivity index (χ1n) is 9.07. The van der Waals surface area contributed by atoms with E-state index in [1.54, 1.807) is 20.0 Å². The van der Waals surface area contributed by atoms with Crippen LogP contribution in [-0.4, -0.2) is 71.0 Å². The number of phenolic OH excluding ortho intramolecular Hbond substituents is 1. The Morgan fingerprint density at radius 1 is 1.32 bits per heavy atom. The lowest BCUT2D eigenvalue weighted by Gasteiger charge is -2.39. The number of aromatic hydroxyl groups is 1. The summed E-state index contributed by atoms with van der Waals surface area (Å²) in [5, 5.41) is 37.0. The van der Waals surface area contributed by atoms with Gasteiger partial charge in [-0.05, 0) is 55.5 Å². The van der Waals surface area contributed by atoms with Crippen molar-refractivity contribution in [1.29, 1.82) is 0 Å². The third kappa shape index (κ3) is 6.24. The summed E-state index contributed by atoms with van der Waals surface area (Å²) in [6.45, 7) is 1.01. The molecule has 0 saturated heterocycles. The van der Waals surface area contributed by atoms with Crippen molar-refractivity contribution >= 4 is 38.6 Å². The summed E-state index contributed by atoms with van der Waals surface area (Å²) in [6.07, 6.45) is 1.92. The molecule has 6 N–H and O–H groups in total. The van der Waals surface area contributed by atoms with Crippen LogP contribution in [-0.2, 0) is 17.8 Å². The second-order valence-electron chi connectivity index (χ2n) is 7.41. The highest BCUT2D eigenvalue weighted by atomic mass is 35.5. The number of aliphatic hydroxyl groups excluding tert-OH is 2. The summed E-state index contributed by atoms with van der Waals surface area (Å²) < 4.78 is 0. The summed E-state index contributed by atoms with van der Waals surface area (Å²) in [4.78, 5) is 13.9. The molecule has 0 radical (unpaired) electrons. The maximum atomic E-state index is 11.8. The number of carboxylic acid groups (broad SMARTS) is 1. The molecule has 3 atom stereocenters. The van der Waals surface area contributed by atoms with E-state index in [9.17, 15) is 20.1 Å². The number of aliphatic hydroxyl groups is 2. The average Bonchev–Trinajstić information content (AvgIpc) is 2.62. The highest BCUT2D eigenvalue weighted by Gasteiger charge is 2.40. The maximum absolute atomic E-state index is 11.8. The van der Waals surface area contributed by atoms with Crippen molar-refractivity contribution in [2.75, 3.05) is 19.8 Å². The lowest BCUT2D eigenvalue weighted by atomic mass is 9.60. The van der Waals surface area contributed by atoms with Gasteiger partial charge in [0.1, 0.15) is 13.6 Å². The Balaban J connectivity index is 0.00000364. The quantitative estimate of drug-likeness (QED) is 0.352. The molecule has 10 heteroatoms. The van der Waals surface area contributed by atoms with Gasteiger partial charge >= 0.3 is 5.97 Å². The topological polar surface area (TPSA) is 127 Å². The Morgan fingerprint density at radius 3 is 2.57 bits per heavy atom. The van der Waals surface area contributed by atoms with Crippen molar-refractivity contribution in [1.82, 2.24) is 4.90 Å². The minimum absolute atomic E-state index is 0. The molecular weight excluding hydrogens is 406 g/mol. The molecule has 1 aliphatic heterocycles. The maximum Gasteiger partial charge on any atom is 0.302 e. The molecule has 0 aliphatic carbocycles. The van der Waals surface area contributed by atoms with E-state index < -0.39 is 17.3 Å². The summed E-state index contributed by atoms with van der Waals surface area (Å²) in [6, 6.07) is 4.60. The van der Waals surface area contributed by atoms with Gasteiger partial charge in [-0.1, -0.05) is 6.07 Å². The molecule has 1 aromatic carbocycles. The fraction of sp³-hybridized carbons (Fsp3) is 0.611. The Morgan fingerprint density at radius 2 is 2.00 bits per heavy atom. The smallest absolute Gasteiger partial charge is 0.302 e. The first kappa shape index (κ1) is 27.0. The van der Waals surface area contributed by atoms with Crippen LogP contribution in [0.1, 0.15) is 30.4 Å². The van der Waals surface area contributed by atoms with E-state index in [1.807, 2.05) is 6.07 Å². The average molecular weight is 437 g/mol. The molecule has 0 fully saturated rings. The van der Waals surface area contributed by atoms with Gasteiger partial charge in [0.15, 0.2) is 0 Å². The summed E-state index contributed by atoms with van der Waals surface area (Å²) >= 11 is 0. The van der Waals surface area contributed by atoms with Gasteiger partial charge in [-0.15, -0.1) is 24.8 Å². The number of benzene rings is 1. The van der Waals surface area contributed by atoms with Crippen LogP contribution in [0, 0.1) is 0 Å². The number of nitrogens with zero attached hydrogens (tertiary/aromatic N) is 1. The normalized spacial score (nSPS) is 19.5. The Kier molecular flexibility index (Phi) is 11.4. The van der Waals surface area contributed by atoms with Gasteiger partial charge in [0.05, 0.1) is 11.9 Å². The van der Waals surface area contributed by atoms with E-state index in [0.29, 0.717) is 38.8 Å². The van der Waals surface area contributed by atoms with E-state index in [1.165, 1.54) is 0 Å². The number of carbonyl (C=O) groups is 1. The van der Waals surface area contributed by atoms with E-state index in [-0.39, 0.29) is 49.8 Å². The third-order valence-corrected chi connectivity index (χ3v) is 5.64. The molecule has 1 aliphatic rings. The monoisotopic (exact) mass is 436 g/mol. The highest BCUT2D eigenvalue weighted by molar-refractivity contribution is 6.27. The van der Waals surface area contributed by atoms with Crippen molar-refractivity contribution in [3.05, 3.63) is 29.3 Å². The number of carboxylic acids is 1. The first-order chi connectivity index (χ1) is 12.3. The largest absolute Gasteiger partial charge is 0.508 e. The molecule has 160 valence electrons. The first-order valence-corrected chi connectivity index (χ1v) is 9.07. The molecule has 0 spiro atoms. The van der Waals surface area contributed by atoms with Crippen molar-refractivity contribution in [2.45, 2.75) is 49.6 Å². The van der Waals surface area contributed by atoms with Gasteiger partial charge in [-0.25, -0.2) is 0 Å². The standard InChI is InChI=1S/C18H29BN2O5.2ClH/c19-18(17(25)26,16(20)2-1-7-22)5-6-21-10-13-9-15(24)4-3-12(13)8-14(21)11-23;;/h3-4,9,14,16,22-24H,1-2,5-8,10-11,19-20H2,(H,25,26);2*1H/t14-,16?,18?;;/m0../s1. The zero-order valence-electron chi connectivity index (χ0n) is 16.1. The van der Waals surface area contributed by atoms with Gasteiger partial charge in [0.25, 0.3) is 0 Å². The third-order valence-electron chi connectivity index (χ3n) is 5.64. The van der Waals surface area contributed by atoms with Crippen LogP contribution in [0.2, 0.25) is 5.31 Å². The van der Waals surface area contributed by atoms with Gasteiger partial charge < -0.3 is 26.2 Å². The lowest BCUT2D eigenvalue weighted by molar-refractivity contribution is -0.141. The van der Waals surface area contributed by atoms with E-state index in [0.717, 1.165) is 11.1 Å². The molecule has 28 heavy (non-hydrogen) atoms. The fourth-order valence-corrected chi connectivity index (χ4v) is 3.59. The number of halogens is 2. The highest BCUT2D eigenvalue weighted by Crippen LogP contribution is 2.34. The van der Waals surface area contributed by atoms with Gasteiger partial charge in [0, 0.05) is 25.2 Å². The zero-order chi connectivity index (χ0) is 19.3. The minimum atomic E-state index is -1.10.